The summed E-state index contributed by atoms with van der Waals surface area (Å²) in [5.41, 5.74) is 0. The first-order valence-corrected chi connectivity index (χ1v) is 9.48. The van der Waals surface area contributed by atoms with Crippen molar-refractivity contribution >= 4 is 57.1 Å². The topological polar surface area (TPSA) is 0 Å². The number of hydrogen-bond acceptors (Lipinski definition) is 0. The van der Waals surface area contributed by atoms with E-state index in [0.29, 0.717) is 0 Å². The summed E-state index contributed by atoms with van der Waals surface area (Å²) in [5, 5.41) is 4.37. The monoisotopic (exact) mass is 440 g/mol. The van der Waals surface area contributed by atoms with Crippen LogP contribution >= 0.6 is 41.1 Å². The summed E-state index contributed by atoms with van der Waals surface area (Å²) in [6.45, 7) is 2.44. The Morgan fingerprint density at radius 1 is 0.500 bits per heavy atom. The molecule has 0 saturated carbocycles. The van der Waals surface area contributed by atoms with Crippen molar-refractivity contribution in [2.75, 3.05) is 6.66 Å². The molecule has 116 valence electrons. The summed E-state index contributed by atoms with van der Waals surface area (Å²) in [6.07, 6.45) is 0. The maximum Gasteiger partial charge on any atom is -0.107 e. The zero-order chi connectivity index (χ0) is 13.8. The Hall–Kier alpha value is -0.750. The summed E-state index contributed by atoms with van der Waals surface area (Å²) in [4.78, 5) is 0. The Balaban J connectivity index is 0.00000121. The Kier molecular flexibility index (Phi) is 7.69. The van der Waals surface area contributed by atoms with Crippen molar-refractivity contribution in [1.82, 2.24) is 0 Å². The van der Waals surface area contributed by atoms with Gasteiger partial charge < -0.3 is 0 Å². The number of rotatable bonds is 3. The van der Waals surface area contributed by atoms with Gasteiger partial charge in [0.1, 0.15) is 0 Å². The Morgan fingerprint density at radius 3 is 0.955 bits per heavy atom. The molecule has 3 rings (SSSR count). The van der Waals surface area contributed by atoms with Crippen molar-refractivity contribution in [2.24, 2.45) is 0 Å². The molecule has 0 spiro atoms. The van der Waals surface area contributed by atoms with Gasteiger partial charge >= 0.3 is 121 Å². The van der Waals surface area contributed by atoms with E-state index >= 15 is 0 Å². The van der Waals surface area contributed by atoms with Gasteiger partial charge in [0.2, 0.25) is 0 Å². The fraction of sp³-hybridized carbons (Fsp3) is 0.0526. The van der Waals surface area contributed by atoms with E-state index in [4.69, 9.17) is 0 Å². The van der Waals surface area contributed by atoms with Gasteiger partial charge in [-0.2, -0.15) is 9.90 Å². The van der Waals surface area contributed by atoms with E-state index in [9.17, 15) is 0 Å². The molecule has 0 aliphatic heterocycles. The normalized spacial score (nSPS) is 11.0. The number of benzene rings is 3. The molecule has 0 aliphatic carbocycles. The van der Waals surface area contributed by atoms with Crippen molar-refractivity contribution in [3.05, 3.63) is 91.0 Å². The maximum atomic E-state index is 2.44. The van der Waals surface area contributed by atoms with Crippen LogP contribution < -0.4 is 15.9 Å². The molecular formula is C19H23IP2. The molecule has 3 aromatic carbocycles. The second-order valence-electron chi connectivity index (χ2n) is 5.22. The van der Waals surface area contributed by atoms with Gasteiger partial charge in [0, 0.05) is 0 Å². The first-order valence-electron chi connectivity index (χ1n) is 6.98. The second-order valence-corrected chi connectivity index (χ2v) is 9.21. The molecule has 3 aromatic rings. The molecule has 0 radical (unpaired) electrons. The van der Waals surface area contributed by atoms with Crippen molar-refractivity contribution < 1.29 is 0 Å². The molecule has 22 heavy (non-hydrogen) atoms. The summed E-state index contributed by atoms with van der Waals surface area (Å²) >= 11 is 0. The van der Waals surface area contributed by atoms with Gasteiger partial charge in [-0.25, -0.2) is 0 Å². The molecule has 0 bridgehead atoms. The van der Waals surface area contributed by atoms with E-state index in [1.807, 2.05) is 0 Å². The van der Waals surface area contributed by atoms with Crippen LogP contribution in [0.4, 0.5) is 0 Å². The third-order valence-electron chi connectivity index (χ3n) is 4.05. The van der Waals surface area contributed by atoms with Gasteiger partial charge in [-0.1, -0.05) is 0 Å². The van der Waals surface area contributed by atoms with Gasteiger partial charge in [0.05, 0.1) is 0 Å². The Morgan fingerprint density at radius 2 is 0.727 bits per heavy atom. The minimum Gasteiger partial charge on any atom is -0.153 e. The summed E-state index contributed by atoms with van der Waals surface area (Å²) in [7, 11) is -1.88. The molecule has 1 atom stereocenters. The van der Waals surface area contributed by atoms with Gasteiger partial charge in [-0.05, 0) is 0 Å². The van der Waals surface area contributed by atoms with Crippen LogP contribution in [0.1, 0.15) is 0 Å². The minimum atomic E-state index is -1.88. The second kappa shape index (κ2) is 8.77. The SMILES string of the molecule is C[PH](c1ccccc1)(c1ccccc1)c1ccccc1.I.P. The Bertz CT molecular complexity index is 573. The van der Waals surface area contributed by atoms with Crippen LogP contribution in [0.5, 0.6) is 0 Å². The Labute approximate surface area is 154 Å². The average molecular weight is 440 g/mol. The first-order chi connectivity index (χ1) is 9.82. The van der Waals surface area contributed by atoms with Gasteiger partial charge in [-0.15, -0.1) is 24.0 Å². The summed E-state index contributed by atoms with van der Waals surface area (Å²) in [5.74, 6) is 0. The molecule has 1 unspecified atom stereocenters. The average Bonchev–Trinajstić information content (AvgIpc) is 2.56. The minimum absolute atomic E-state index is 0. The van der Waals surface area contributed by atoms with E-state index in [1.165, 1.54) is 15.9 Å². The number of hydrogen-bond donors (Lipinski definition) is 0. The van der Waals surface area contributed by atoms with Crippen LogP contribution in [0.15, 0.2) is 91.0 Å². The molecular weight excluding hydrogens is 417 g/mol. The van der Waals surface area contributed by atoms with E-state index in [1.54, 1.807) is 0 Å². The predicted molar refractivity (Wildman–Crippen MR) is 119 cm³/mol. The van der Waals surface area contributed by atoms with Crippen molar-refractivity contribution in [2.45, 2.75) is 0 Å². The molecule has 0 nitrogen and oxygen atoms in total. The molecule has 0 N–H and O–H groups in total. The van der Waals surface area contributed by atoms with Crippen molar-refractivity contribution in [1.29, 1.82) is 0 Å². The molecule has 3 heteroatoms. The van der Waals surface area contributed by atoms with Crippen molar-refractivity contribution in [3.63, 3.8) is 0 Å². The zero-order valence-electron chi connectivity index (χ0n) is 12.8. The third-order valence-corrected chi connectivity index (χ3v) is 8.52. The van der Waals surface area contributed by atoms with Gasteiger partial charge in [-0.3, -0.25) is 0 Å². The maximum absolute atomic E-state index is 2.44. The molecule has 0 saturated heterocycles. The van der Waals surface area contributed by atoms with Crippen LogP contribution in [0.3, 0.4) is 0 Å². The molecule has 0 aromatic heterocycles. The smallest absolute Gasteiger partial charge is 0.107 e. The third kappa shape index (κ3) is 3.77. The van der Waals surface area contributed by atoms with E-state index in [2.05, 4.69) is 97.7 Å². The van der Waals surface area contributed by atoms with Crippen LogP contribution in [0, 0.1) is 0 Å². The largest absolute Gasteiger partial charge is 0.153 e. The predicted octanol–water partition coefficient (Wildman–Crippen LogP) is 4.02. The van der Waals surface area contributed by atoms with Crippen LogP contribution in [0.2, 0.25) is 0 Å². The van der Waals surface area contributed by atoms with Crippen LogP contribution in [-0.2, 0) is 0 Å². The zero-order valence-corrected chi connectivity index (χ0v) is 17.5. The van der Waals surface area contributed by atoms with Crippen molar-refractivity contribution in [3.8, 4) is 0 Å². The first kappa shape index (κ1) is 19.3. The fourth-order valence-electron chi connectivity index (χ4n) is 2.81. The van der Waals surface area contributed by atoms with Gasteiger partial charge in [0.25, 0.3) is 0 Å². The summed E-state index contributed by atoms with van der Waals surface area (Å²) in [6, 6.07) is 32.8. The fourth-order valence-corrected chi connectivity index (χ4v) is 6.39. The number of halogens is 1. The molecule has 0 aliphatic rings. The van der Waals surface area contributed by atoms with E-state index < -0.39 is 7.26 Å². The standard InChI is InChI=1S/C19H19P.HI.H3P/c1-20(17-11-5-2-6-12-17,18-13-7-3-8-14-18)19-15-9-4-10-16-19;;/h2-16,20H,1H3;1H;1H3. The molecule has 0 fully saturated rings. The van der Waals surface area contributed by atoms with Gasteiger partial charge in [0.15, 0.2) is 0 Å². The van der Waals surface area contributed by atoms with Crippen LogP contribution in [-0.4, -0.2) is 6.66 Å². The van der Waals surface area contributed by atoms with Crippen LogP contribution in [0.25, 0.3) is 0 Å². The quantitative estimate of drug-likeness (QED) is 0.427. The van der Waals surface area contributed by atoms with E-state index in [-0.39, 0.29) is 33.9 Å². The molecule has 0 heterocycles. The van der Waals surface area contributed by atoms with E-state index in [0.717, 1.165) is 0 Å². The molecule has 0 amide bonds. The summed E-state index contributed by atoms with van der Waals surface area (Å²) < 4.78 is 0.